The van der Waals surface area contributed by atoms with E-state index in [1.807, 2.05) is 18.2 Å². The number of benzene rings is 4. The van der Waals surface area contributed by atoms with Crippen molar-refractivity contribution in [2.75, 3.05) is 6.66 Å². The highest BCUT2D eigenvalue weighted by atomic mass is 32.2. The quantitative estimate of drug-likeness (QED) is 0.162. The average molecular weight is 527 g/mol. The van der Waals surface area contributed by atoms with Crippen LogP contribution in [0.3, 0.4) is 0 Å². The van der Waals surface area contributed by atoms with Gasteiger partial charge in [-0.15, -0.1) is 0 Å². The summed E-state index contributed by atoms with van der Waals surface area (Å²) in [5.74, 6) is 6.80. The maximum absolute atomic E-state index is 10.7. The van der Waals surface area contributed by atoms with Crippen LogP contribution in [0, 0.1) is 11.8 Å². The summed E-state index contributed by atoms with van der Waals surface area (Å²) in [6, 6.07) is 40.5. The summed E-state index contributed by atoms with van der Waals surface area (Å²) in [5.41, 5.74) is -3.50. The molecule has 0 bridgehead atoms. The van der Waals surface area contributed by atoms with E-state index in [9.17, 15) is 13.2 Å². The van der Waals surface area contributed by atoms with Gasteiger partial charge in [0.05, 0.1) is 12.2 Å². The smallest absolute Gasteiger partial charge is 0.485 e. The molecule has 4 aromatic rings. The minimum Gasteiger partial charge on any atom is -0.741 e. The Morgan fingerprint density at radius 3 is 1.50 bits per heavy atom. The maximum Gasteiger partial charge on any atom is 0.485 e. The molecule has 0 heterocycles. The van der Waals surface area contributed by atoms with Crippen LogP contribution in [0.5, 0.6) is 0 Å². The minimum absolute atomic E-state index is 1.04. The van der Waals surface area contributed by atoms with Gasteiger partial charge in [0.25, 0.3) is 0 Å². The van der Waals surface area contributed by atoms with Gasteiger partial charge < -0.3 is 4.55 Å². The molecule has 0 fully saturated rings. The molecule has 0 radical (unpaired) electrons. The minimum atomic E-state index is -6.09. The van der Waals surface area contributed by atoms with Crippen LogP contribution in [0.15, 0.2) is 115 Å². The lowest BCUT2D eigenvalue weighted by Gasteiger charge is -2.24. The van der Waals surface area contributed by atoms with Gasteiger partial charge in [0.15, 0.2) is 10.1 Å². The van der Waals surface area contributed by atoms with E-state index < -0.39 is 22.9 Å². The first kappa shape index (κ1) is 27.2. The Bertz CT molecular complexity index is 1410. The van der Waals surface area contributed by atoms with Crippen molar-refractivity contribution in [3.05, 3.63) is 126 Å². The first-order valence-corrected chi connectivity index (χ1v) is 14.3. The number of rotatable bonds is 3. The molecule has 3 nitrogen and oxygen atoms in total. The Morgan fingerprint density at radius 1 is 0.667 bits per heavy atom. The van der Waals surface area contributed by atoms with Crippen molar-refractivity contribution in [1.82, 2.24) is 0 Å². The predicted molar refractivity (Wildman–Crippen MR) is 139 cm³/mol. The Kier molecular flexibility index (Phi) is 8.70. The summed E-state index contributed by atoms with van der Waals surface area (Å²) in [5, 5.41) is 4.07. The van der Waals surface area contributed by atoms with Crippen LogP contribution < -0.4 is 15.9 Å². The third-order valence-electron chi connectivity index (χ3n) is 5.33. The van der Waals surface area contributed by atoms with Gasteiger partial charge in [-0.25, -0.2) is 8.42 Å². The highest BCUT2D eigenvalue weighted by Crippen LogP contribution is 2.52. The summed E-state index contributed by atoms with van der Waals surface area (Å²) < 4.78 is 58.9. The molecule has 0 aliphatic carbocycles. The molecule has 0 aromatic heterocycles. The Hall–Kier alpha value is -3.43. The molecule has 0 unspecified atom stereocenters. The normalized spacial score (nSPS) is 11.5. The zero-order valence-electron chi connectivity index (χ0n) is 19.2. The van der Waals surface area contributed by atoms with Crippen LogP contribution in [0.4, 0.5) is 13.2 Å². The van der Waals surface area contributed by atoms with Gasteiger partial charge in [-0.3, -0.25) is 0 Å². The van der Waals surface area contributed by atoms with Crippen molar-refractivity contribution in [1.29, 1.82) is 0 Å². The largest absolute Gasteiger partial charge is 0.741 e. The fourth-order valence-electron chi connectivity index (χ4n) is 3.51. The number of hydrogen-bond donors (Lipinski definition) is 0. The Morgan fingerprint density at radius 2 is 1.06 bits per heavy atom. The van der Waals surface area contributed by atoms with E-state index in [0.29, 0.717) is 0 Å². The lowest BCUT2D eigenvalue weighted by atomic mass is 10.2. The fourth-order valence-corrected chi connectivity index (χ4v) is 6.90. The Labute approximate surface area is 209 Å². The molecule has 0 N–H and O–H groups in total. The fraction of sp³-hybridized carbons (Fsp3) is 0.0714. The predicted octanol–water partition coefficient (Wildman–Crippen LogP) is 5.06. The SMILES string of the molecule is C[P+](c1ccccc1)(c1ccccc1)c1ccccc1C#Cc1ccccc1.O=S(=O)([O-])C(F)(F)F. The summed E-state index contributed by atoms with van der Waals surface area (Å²) in [6.07, 6.45) is 0. The van der Waals surface area contributed by atoms with Crippen LogP contribution in [-0.2, 0) is 10.1 Å². The molecule has 0 aliphatic heterocycles. The first-order valence-electron chi connectivity index (χ1n) is 10.7. The average Bonchev–Trinajstić information content (AvgIpc) is 2.88. The van der Waals surface area contributed by atoms with Crippen molar-refractivity contribution < 1.29 is 26.1 Å². The molecule has 0 amide bonds. The van der Waals surface area contributed by atoms with Crippen LogP contribution in [-0.4, -0.2) is 25.1 Å². The molecule has 0 aliphatic rings. The van der Waals surface area contributed by atoms with Crippen molar-refractivity contribution in [3.8, 4) is 11.8 Å². The van der Waals surface area contributed by atoms with E-state index in [-0.39, 0.29) is 0 Å². The van der Waals surface area contributed by atoms with Crippen LogP contribution >= 0.6 is 7.26 Å². The zero-order valence-corrected chi connectivity index (χ0v) is 20.9. The van der Waals surface area contributed by atoms with Gasteiger partial charge in [-0.1, -0.05) is 78.6 Å². The van der Waals surface area contributed by atoms with Gasteiger partial charge in [0.2, 0.25) is 0 Å². The van der Waals surface area contributed by atoms with E-state index in [1.165, 1.54) is 15.9 Å². The first-order chi connectivity index (χ1) is 17.0. The summed E-state index contributed by atoms with van der Waals surface area (Å²) in [7, 11) is -7.88. The van der Waals surface area contributed by atoms with Gasteiger partial charge in [0, 0.05) is 5.56 Å². The molecular formula is C28H22F3O3PS. The van der Waals surface area contributed by atoms with Crippen molar-refractivity contribution in [2.45, 2.75) is 5.51 Å². The molecule has 0 saturated heterocycles. The monoisotopic (exact) mass is 526 g/mol. The number of halogens is 3. The lowest BCUT2D eigenvalue weighted by Crippen LogP contribution is -2.31. The van der Waals surface area contributed by atoms with Gasteiger partial charge in [0.1, 0.15) is 23.2 Å². The summed E-state index contributed by atoms with van der Waals surface area (Å²) in [4.78, 5) is 0. The topological polar surface area (TPSA) is 57.2 Å². The van der Waals surface area contributed by atoms with E-state index >= 15 is 0 Å². The van der Waals surface area contributed by atoms with Gasteiger partial charge >= 0.3 is 5.51 Å². The van der Waals surface area contributed by atoms with E-state index in [4.69, 9.17) is 13.0 Å². The molecule has 8 heteroatoms. The van der Waals surface area contributed by atoms with E-state index in [2.05, 4.69) is 116 Å². The second kappa shape index (κ2) is 11.5. The Balaban J connectivity index is 0.000000392. The zero-order chi connectivity index (χ0) is 26.2. The van der Waals surface area contributed by atoms with Crippen LogP contribution in [0.2, 0.25) is 0 Å². The molecule has 184 valence electrons. The third-order valence-corrected chi connectivity index (χ3v) is 9.91. The molecule has 0 spiro atoms. The van der Waals surface area contributed by atoms with Crippen LogP contribution in [0.1, 0.15) is 11.1 Å². The molecule has 0 saturated carbocycles. The second-order valence-corrected chi connectivity index (χ2v) is 12.6. The van der Waals surface area contributed by atoms with Gasteiger partial charge in [-0.05, 0) is 48.5 Å². The third kappa shape index (κ3) is 6.61. The van der Waals surface area contributed by atoms with Crippen molar-refractivity contribution >= 4 is 33.3 Å². The van der Waals surface area contributed by atoms with Crippen molar-refractivity contribution in [2.24, 2.45) is 0 Å². The van der Waals surface area contributed by atoms with Crippen LogP contribution in [0.25, 0.3) is 0 Å². The lowest BCUT2D eigenvalue weighted by molar-refractivity contribution is -0.0517. The number of alkyl halides is 3. The highest BCUT2D eigenvalue weighted by Gasteiger charge is 2.41. The summed E-state index contributed by atoms with van der Waals surface area (Å²) in [6.45, 7) is 2.40. The second-order valence-electron chi connectivity index (χ2n) is 7.71. The van der Waals surface area contributed by atoms with Gasteiger partial charge in [-0.2, -0.15) is 13.2 Å². The van der Waals surface area contributed by atoms with E-state index in [1.54, 1.807) is 0 Å². The van der Waals surface area contributed by atoms with Crippen molar-refractivity contribution in [3.63, 3.8) is 0 Å². The maximum atomic E-state index is 10.7. The molecule has 0 atom stereocenters. The highest BCUT2D eigenvalue weighted by molar-refractivity contribution is 7.95. The molecule has 4 rings (SSSR count). The standard InChI is InChI=1S/C27H22P.CHF3O3S/c1-28(25-16-7-3-8-17-25,26-18-9-4-10-19-26)27-20-12-11-15-24(27)22-21-23-13-5-2-6-14-23;2-1(3,4)8(5,6)7/h2-20H,1H3;(H,5,6,7)/q+1;/p-1. The van der Waals surface area contributed by atoms with E-state index in [0.717, 1.165) is 11.1 Å². The molecule has 36 heavy (non-hydrogen) atoms. The number of hydrogen-bond acceptors (Lipinski definition) is 3. The summed E-state index contributed by atoms with van der Waals surface area (Å²) >= 11 is 0. The molecule has 4 aromatic carbocycles. The molecular weight excluding hydrogens is 504 g/mol.